The molecule has 1 aromatic heterocycles. The zero-order valence-electron chi connectivity index (χ0n) is 13.9. The highest BCUT2D eigenvalue weighted by atomic mass is 14.7. The van der Waals surface area contributed by atoms with Crippen molar-refractivity contribution in [3.05, 3.63) is 65.9 Å². The number of allylic oxidation sites excluding steroid dienone is 1. The molecule has 0 spiro atoms. The summed E-state index contributed by atoms with van der Waals surface area (Å²) in [4.78, 5) is 4.44. The molecule has 0 saturated carbocycles. The smallest absolute Gasteiger partial charge is 0.0710 e. The molecule has 116 valence electrons. The van der Waals surface area contributed by atoms with Gasteiger partial charge in [0.2, 0.25) is 0 Å². The SMILES string of the molecule is C/C=C/c1c(N)cnc2ccc(-c3ccc(C(C)C)cc3)cc12. The molecule has 0 atom stereocenters. The van der Waals surface area contributed by atoms with E-state index in [1.807, 2.05) is 19.1 Å². The average Bonchev–Trinajstić information content (AvgIpc) is 2.57. The molecule has 0 unspecified atom stereocenters. The fourth-order valence-electron chi connectivity index (χ4n) is 2.82. The van der Waals surface area contributed by atoms with Gasteiger partial charge in [-0.1, -0.05) is 56.3 Å². The van der Waals surface area contributed by atoms with Crippen LogP contribution >= 0.6 is 0 Å². The van der Waals surface area contributed by atoms with E-state index in [2.05, 4.69) is 61.3 Å². The molecular weight excluding hydrogens is 280 g/mol. The Morgan fingerprint density at radius 1 is 1.00 bits per heavy atom. The molecule has 0 bridgehead atoms. The van der Waals surface area contributed by atoms with Crippen LogP contribution in [0.15, 0.2) is 54.7 Å². The summed E-state index contributed by atoms with van der Waals surface area (Å²) in [6, 6.07) is 15.1. The van der Waals surface area contributed by atoms with E-state index in [4.69, 9.17) is 5.73 Å². The molecule has 3 rings (SSSR count). The van der Waals surface area contributed by atoms with Gasteiger partial charge >= 0.3 is 0 Å². The molecule has 0 aliphatic rings. The van der Waals surface area contributed by atoms with Crippen molar-refractivity contribution in [2.24, 2.45) is 0 Å². The number of nitrogen functional groups attached to an aromatic ring is 1. The maximum Gasteiger partial charge on any atom is 0.0710 e. The molecule has 0 aliphatic heterocycles. The van der Waals surface area contributed by atoms with Gasteiger partial charge in [-0.3, -0.25) is 4.98 Å². The molecule has 3 aromatic rings. The molecule has 0 fully saturated rings. The maximum absolute atomic E-state index is 6.10. The van der Waals surface area contributed by atoms with Crippen LogP contribution in [0.25, 0.3) is 28.1 Å². The standard InChI is InChI=1S/C21H22N2/c1-4-5-18-19-12-17(10-11-21(19)23-13-20(18)22)16-8-6-15(7-9-16)14(2)3/h4-14H,22H2,1-3H3/b5-4+. The van der Waals surface area contributed by atoms with Gasteiger partial charge in [0.25, 0.3) is 0 Å². The van der Waals surface area contributed by atoms with Crippen molar-refractivity contribution < 1.29 is 0 Å². The van der Waals surface area contributed by atoms with Crippen molar-refractivity contribution in [3.8, 4) is 11.1 Å². The number of anilines is 1. The van der Waals surface area contributed by atoms with Crippen LogP contribution in [0.5, 0.6) is 0 Å². The lowest BCUT2D eigenvalue weighted by Gasteiger charge is -2.10. The first kappa shape index (κ1) is 15.3. The summed E-state index contributed by atoms with van der Waals surface area (Å²) < 4.78 is 0. The van der Waals surface area contributed by atoms with Crippen LogP contribution in [0, 0.1) is 0 Å². The van der Waals surface area contributed by atoms with E-state index in [0.29, 0.717) is 11.6 Å². The van der Waals surface area contributed by atoms with E-state index in [0.717, 1.165) is 16.5 Å². The largest absolute Gasteiger partial charge is 0.397 e. The van der Waals surface area contributed by atoms with Crippen molar-refractivity contribution >= 4 is 22.7 Å². The molecule has 0 amide bonds. The van der Waals surface area contributed by atoms with Gasteiger partial charge in [0, 0.05) is 10.9 Å². The average molecular weight is 302 g/mol. The Balaban J connectivity index is 2.13. The molecule has 23 heavy (non-hydrogen) atoms. The number of aromatic nitrogens is 1. The number of nitrogens with zero attached hydrogens (tertiary/aromatic N) is 1. The predicted molar refractivity (Wildman–Crippen MR) is 100 cm³/mol. The molecule has 0 aliphatic carbocycles. The van der Waals surface area contributed by atoms with E-state index in [9.17, 15) is 0 Å². The summed E-state index contributed by atoms with van der Waals surface area (Å²) in [6.45, 7) is 6.42. The van der Waals surface area contributed by atoms with Crippen LogP contribution in [0.2, 0.25) is 0 Å². The van der Waals surface area contributed by atoms with Crippen LogP contribution in [0.4, 0.5) is 5.69 Å². The Labute approximate surface area is 137 Å². The Morgan fingerprint density at radius 2 is 1.70 bits per heavy atom. The lowest BCUT2D eigenvalue weighted by atomic mass is 9.97. The molecular formula is C21H22N2. The van der Waals surface area contributed by atoms with Gasteiger partial charge in [0.1, 0.15) is 0 Å². The van der Waals surface area contributed by atoms with Gasteiger partial charge in [0.05, 0.1) is 17.4 Å². The van der Waals surface area contributed by atoms with E-state index in [1.54, 1.807) is 6.20 Å². The van der Waals surface area contributed by atoms with Gasteiger partial charge in [-0.25, -0.2) is 0 Å². The number of pyridine rings is 1. The second-order valence-corrected chi connectivity index (χ2v) is 6.14. The molecule has 0 radical (unpaired) electrons. The zero-order valence-corrected chi connectivity index (χ0v) is 13.9. The van der Waals surface area contributed by atoms with Crippen LogP contribution in [-0.2, 0) is 0 Å². The van der Waals surface area contributed by atoms with Gasteiger partial charge in [-0.15, -0.1) is 0 Å². The lowest BCUT2D eigenvalue weighted by Crippen LogP contribution is -1.93. The first-order valence-electron chi connectivity index (χ1n) is 8.01. The summed E-state index contributed by atoms with van der Waals surface area (Å²) in [5.41, 5.74) is 12.6. The number of rotatable bonds is 3. The first-order valence-corrected chi connectivity index (χ1v) is 8.01. The highest BCUT2D eigenvalue weighted by Crippen LogP contribution is 2.29. The summed E-state index contributed by atoms with van der Waals surface area (Å²) in [6.07, 6.45) is 5.79. The molecule has 2 heteroatoms. The fourth-order valence-corrected chi connectivity index (χ4v) is 2.82. The summed E-state index contributed by atoms with van der Waals surface area (Å²) >= 11 is 0. The quantitative estimate of drug-likeness (QED) is 0.680. The number of benzene rings is 2. The minimum absolute atomic E-state index is 0.547. The third kappa shape index (κ3) is 2.98. The minimum Gasteiger partial charge on any atom is -0.397 e. The van der Waals surface area contributed by atoms with Crippen molar-refractivity contribution in [2.75, 3.05) is 5.73 Å². The molecule has 0 saturated heterocycles. The Morgan fingerprint density at radius 3 is 2.35 bits per heavy atom. The van der Waals surface area contributed by atoms with E-state index in [-0.39, 0.29) is 0 Å². The monoisotopic (exact) mass is 302 g/mol. The van der Waals surface area contributed by atoms with E-state index >= 15 is 0 Å². The number of hydrogen-bond donors (Lipinski definition) is 1. The molecule has 2 aromatic carbocycles. The minimum atomic E-state index is 0.547. The number of hydrogen-bond acceptors (Lipinski definition) is 2. The Kier molecular flexibility index (Phi) is 4.16. The number of fused-ring (bicyclic) bond motifs is 1. The van der Waals surface area contributed by atoms with Crippen molar-refractivity contribution in [1.82, 2.24) is 4.98 Å². The summed E-state index contributed by atoms with van der Waals surface area (Å²) in [5, 5.41) is 1.09. The van der Waals surface area contributed by atoms with Crippen molar-refractivity contribution in [2.45, 2.75) is 26.7 Å². The Hall–Kier alpha value is -2.61. The number of nitrogens with two attached hydrogens (primary N) is 1. The summed E-state index contributed by atoms with van der Waals surface area (Å²) in [7, 11) is 0. The van der Waals surface area contributed by atoms with Crippen LogP contribution < -0.4 is 5.73 Å². The van der Waals surface area contributed by atoms with Gasteiger partial charge in [-0.2, -0.15) is 0 Å². The van der Waals surface area contributed by atoms with Crippen molar-refractivity contribution in [1.29, 1.82) is 0 Å². The van der Waals surface area contributed by atoms with Gasteiger partial charge in [-0.05, 0) is 41.7 Å². The maximum atomic E-state index is 6.10. The van der Waals surface area contributed by atoms with Gasteiger partial charge in [0.15, 0.2) is 0 Å². The third-order valence-electron chi connectivity index (χ3n) is 4.18. The fraction of sp³-hybridized carbons (Fsp3) is 0.190. The van der Waals surface area contributed by atoms with Crippen LogP contribution in [0.3, 0.4) is 0 Å². The Bertz CT molecular complexity index is 859. The lowest BCUT2D eigenvalue weighted by molar-refractivity contribution is 0.867. The third-order valence-corrected chi connectivity index (χ3v) is 4.18. The predicted octanol–water partition coefficient (Wildman–Crippen LogP) is 5.64. The highest BCUT2D eigenvalue weighted by molar-refractivity contribution is 5.95. The van der Waals surface area contributed by atoms with Crippen LogP contribution in [0.1, 0.15) is 37.8 Å². The van der Waals surface area contributed by atoms with Crippen LogP contribution in [-0.4, -0.2) is 4.98 Å². The van der Waals surface area contributed by atoms with E-state index in [1.165, 1.54) is 16.7 Å². The highest BCUT2D eigenvalue weighted by Gasteiger charge is 2.07. The van der Waals surface area contributed by atoms with Gasteiger partial charge < -0.3 is 5.73 Å². The zero-order chi connectivity index (χ0) is 16.4. The molecule has 2 nitrogen and oxygen atoms in total. The summed E-state index contributed by atoms with van der Waals surface area (Å²) in [5.74, 6) is 0.547. The molecule has 2 N–H and O–H groups in total. The second kappa shape index (κ2) is 6.25. The molecule has 1 heterocycles. The second-order valence-electron chi connectivity index (χ2n) is 6.14. The normalized spacial score (nSPS) is 11.7. The van der Waals surface area contributed by atoms with Crippen molar-refractivity contribution in [3.63, 3.8) is 0 Å². The first-order chi connectivity index (χ1) is 11.1. The van der Waals surface area contributed by atoms with E-state index < -0.39 is 0 Å². The topological polar surface area (TPSA) is 38.9 Å².